The van der Waals surface area contributed by atoms with Crippen LogP contribution >= 0.6 is 12.4 Å². The molecule has 0 unspecified atom stereocenters. The summed E-state index contributed by atoms with van der Waals surface area (Å²) in [4.78, 5) is 4.08. The molecule has 0 atom stereocenters. The maximum Gasteiger partial charge on any atom is 0.141 e. The van der Waals surface area contributed by atoms with E-state index < -0.39 is 0 Å². The van der Waals surface area contributed by atoms with Crippen molar-refractivity contribution in [3.63, 3.8) is 0 Å². The average Bonchev–Trinajstić information content (AvgIpc) is 2.15. The molecule has 0 spiro atoms. The number of hydrogen-bond acceptors (Lipinski definition) is 2. The van der Waals surface area contributed by atoms with Crippen LogP contribution in [0.3, 0.4) is 0 Å². The predicted octanol–water partition coefficient (Wildman–Crippen LogP) is 2.13. The first-order valence-electron chi connectivity index (χ1n) is 4.53. The van der Waals surface area contributed by atoms with Gasteiger partial charge in [0.2, 0.25) is 0 Å². The van der Waals surface area contributed by atoms with Crippen molar-refractivity contribution in [2.45, 2.75) is 26.2 Å². The lowest BCUT2D eigenvalue weighted by Crippen LogP contribution is -2.12. The van der Waals surface area contributed by atoms with Crippen molar-refractivity contribution in [3.05, 3.63) is 29.6 Å². The number of nitrogen functional groups attached to an aromatic ring is 1. The largest absolute Gasteiger partial charge is 0.382 e. The van der Waals surface area contributed by atoms with E-state index in [-0.39, 0.29) is 18.2 Å². The van der Waals surface area contributed by atoms with Crippen LogP contribution in [0.4, 0.5) is 0 Å². The Morgan fingerprint density at radius 3 is 2.64 bits per heavy atom. The van der Waals surface area contributed by atoms with E-state index in [4.69, 9.17) is 11.1 Å². The van der Waals surface area contributed by atoms with Gasteiger partial charge in [0.1, 0.15) is 11.5 Å². The first-order valence-corrected chi connectivity index (χ1v) is 4.53. The highest BCUT2D eigenvalue weighted by Crippen LogP contribution is 2.04. The molecule has 0 fully saturated rings. The maximum atomic E-state index is 7.16. The molecule has 0 saturated heterocycles. The number of rotatable bonds is 4. The van der Waals surface area contributed by atoms with Gasteiger partial charge in [-0.25, -0.2) is 0 Å². The van der Waals surface area contributed by atoms with E-state index in [0.717, 1.165) is 6.42 Å². The van der Waals surface area contributed by atoms with Crippen LogP contribution in [0.5, 0.6) is 0 Å². The molecule has 4 heteroatoms. The number of pyridine rings is 1. The van der Waals surface area contributed by atoms with Crippen molar-refractivity contribution in [2.24, 2.45) is 5.73 Å². The summed E-state index contributed by atoms with van der Waals surface area (Å²) < 4.78 is 0. The first kappa shape index (κ1) is 12.9. The molecule has 0 radical (unpaired) electrons. The Morgan fingerprint density at radius 1 is 1.50 bits per heavy atom. The number of hydrogen-bond donors (Lipinski definition) is 2. The summed E-state index contributed by atoms with van der Waals surface area (Å²) in [5.41, 5.74) is 7.06. The number of amidine groups is 1. The molecular formula is C10H16ClN3. The normalized spacial score (nSPS) is 9.21. The highest BCUT2D eigenvalue weighted by molar-refractivity contribution is 5.92. The Labute approximate surface area is 90.7 Å². The Hall–Kier alpha value is -1.09. The average molecular weight is 214 g/mol. The van der Waals surface area contributed by atoms with Gasteiger partial charge in [0, 0.05) is 6.20 Å². The van der Waals surface area contributed by atoms with Crippen molar-refractivity contribution in [2.75, 3.05) is 0 Å². The van der Waals surface area contributed by atoms with Crippen molar-refractivity contribution in [1.29, 1.82) is 5.41 Å². The molecule has 3 nitrogen and oxygen atoms in total. The van der Waals surface area contributed by atoms with Crippen molar-refractivity contribution in [1.82, 2.24) is 4.98 Å². The van der Waals surface area contributed by atoms with Gasteiger partial charge in [-0.15, -0.1) is 12.4 Å². The van der Waals surface area contributed by atoms with Crippen LogP contribution in [-0.2, 0) is 6.42 Å². The van der Waals surface area contributed by atoms with E-state index in [1.165, 1.54) is 18.4 Å². The van der Waals surface area contributed by atoms with E-state index in [1.807, 2.05) is 6.07 Å². The Balaban J connectivity index is 0.00000169. The van der Waals surface area contributed by atoms with E-state index in [1.54, 1.807) is 12.3 Å². The fourth-order valence-corrected chi connectivity index (χ4v) is 1.11. The van der Waals surface area contributed by atoms with Crippen LogP contribution < -0.4 is 5.73 Å². The number of aryl methyl sites for hydroxylation is 1. The molecule has 0 bridgehead atoms. The third-order valence-electron chi connectivity index (χ3n) is 1.92. The molecule has 1 heterocycles. The molecule has 0 aliphatic carbocycles. The van der Waals surface area contributed by atoms with Gasteiger partial charge in [0.15, 0.2) is 0 Å². The summed E-state index contributed by atoms with van der Waals surface area (Å²) in [7, 11) is 0. The number of aromatic nitrogens is 1. The summed E-state index contributed by atoms with van der Waals surface area (Å²) >= 11 is 0. The lowest BCUT2D eigenvalue weighted by atomic mass is 10.1. The summed E-state index contributed by atoms with van der Waals surface area (Å²) in [6.45, 7) is 2.16. The number of nitrogens with one attached hydrogen (secondary N) is 1. The fourth-order valence-electron chi connectivity index (χ4n) is 1.11. The van der Waals surface area contributed by atoms with E-state index in [2.05, 4.69) is 11.9 Å². The highest BCUT2D eigenvalue weighted by atomic mass is 35.5. The number of nitrogens with two attached hydrogens (primary N) is 1. The number of unbranched alkanes of at least 4 members (excludes halogenated alkanes) is 1. The monoisotopic (exact) mass is 213 g/mol. The van der Waals surface area contributed by atoms with Gasteiger partial charge in [-0.05, 0) is 24.5 Å². The standard InChI is InChI=1S/C10H15N3.ClH/c1-2-3-4-8-5-6-9(10(11)12)13-7-8;/h5-7H,2-4H2,1H3,(H3,11,12);1H. The number of halogens is 1. The van der Waals surface area contributed by atoms with Crippen LogP contribution in [0, 0.1) is 5.41 Å². The van der Waals surface area contributed by atoms with E-state index >= 15 is 0 Å². The zero-order chi connectivity index (χ0) is 9.68. The quantitative estimate of drug-likeness (QED) is 0.595. The zero-order valence-corrected chi connectivity index (χ0v) is 9.10. The lowest BCUT2D eigenvalue weighted by Gasteiger charge is -2.00. The third-order valence-corrected chi connectivity index (χ3v) is 1.92. The second kappa shape index (κ2) is 6.38. The zero-order valence-electron chi connectivity index (χ0n) is 8.29. The van der Waals surface area contributed by atoms with Crippen LogP contribution in [0.2, 0.25) is 0 Å². The molecular weight excluding hydrogens is 198 g/mol. The second-order valence-corrected chi connectivity index (χ2v) is 3.07. The predicted molar refractivity (Wildman–Crippen MR) is 61.1 cm³/mol. The van der Waals surface area contributed by atoms with E-state index in [9.17, 15) is 0 Å². The highest BCUT2D eigenvalue weighted by Gasteiger charge is 1.97. The lowest BCUT2D eigenvalue weighted by molar-refractivity contribution is 0.792. The van der Waals surface area contributed by atoms with Gasteiger partial charge in [0.25, 0.3) is 0 Å². The first-order chi connectivity index (χ1) is 6.24. The molecule has 0 saturated carbocycles. The van der Waals surface area contributed by atoms with Crippen molar-refractivity contribution >= 4 is 18.2 Å². The Morgan fingerprint density at radius 2 is 2.21 bits per heavy atom. The molecule has 0 aliphatic rings. The molecule has 1 aromatic rings. The van der Waals surface area contributed by atoms with Crippen molar-refractivity contribution in [3.8, 4) is 0 Å². The topological polar surface area (TPSA) is 62.8 Å². The molecule has 1 aromatic heterocycles. The maximum absolute atomic E-state index is 7.16. The van der Waals surface area contributed by atoms with Gasteiger partial charge < -0.3 is 5.73 Å². The van der Waals surface area contributed by atoms with Crippen LogP contribution in [0.15, 0.2) is 18.3 Å². The number of nitrogens with zero attached hydrogens (tertiary/aromatic N) is 1. The van der Waals surface area contributed by atoms with Crippen LogP contribution in [0.25, 0.3) is 0 Å². The minimum atomic E-state index is 0. The molecule has 3 N–H and O–H groups in total. The molecule has 78 valence electrons. The molecule has 0 aliphatic heterocycles. The fraction of sp³-hybridized carbons (Fsp3) is 0.400. The second-order valence-electron chi connectivity index (χ2n) is 3.07. The van der Waals surface area contributed by atoms with Crippen LogP contribution in [0.1, 0.15) is 31.0 Å². The van der Waals surface area contributed by atoms with Crippen molar-refractivity contribution < 1.29 is 0 Å². The van der Waals surface area contributed by atoms with E-state index in [0.29, 0.717) is 5.69 Å². The molecule has 14 heavy (non-hydrogen) atoms. The smallest absolute Gasteiger partial charge is 0.141 e. The molecule has 1 rings (SSSR count). The summed E-state index contributed by atoms with van der Waals surface area (Å²) in [6.07, 6.45) is 5.23. The van der Waals surface area contributed by atoms with Gasteiger partial charge in [-0.2, -0.15) is 0 Å². The molecule has 0 amide bonds. The minimum Gasteiger partial charge on any atom is -0.382 e. The van der Waals surface area contributed by atoms with Gasteiger partial charge in [-0.1, -0.05) is 19.4 Å². The summed E-state index contributed by atoms with van der Waals surface area (Å²) in [5, 5.41) is 7.16. The SMILES string of the molecule is CCCCc1ccc(C(=N)N)nc1.Cl. The van der Waals surface area contributed by atoms with Crippen LogP contribution in [-0.4, -0.2) is 10.8 Å². The Kier molecular flexibility index (Phi) is 5.88. The summed E-state index contributed by atoms with van der Waals surface area (Å²) in [6, 6.07) is 3.78. The van der Waals surface area contributed by atoms with Gasteiger partial charge in [-0.3, -0.25) is 10.4 Å². The minimum absolute atomic E-state index is 0. The molecule has 0 aromatic carbocycles. The third kappa shape index (κ3) is 3.75. The Bertz CT molecular complexity index is 282. The summed E-state index contributed by atoms with van der Waals surface area (Å²) in [5.74, 6) is 0.0297. The van der Waals surface area contributed by atoms with Gasteiger partial charge >= 0.3 is 0 Å². The van der Waals surface area contributed by atoms with Gasteiger partial charge in [0.05, 0.1) is 0 Å².